The van der Waals surface area contributed by atoms with Crippen LogP contribution in [0.3, 0.4) is 0 Å². The molecular formula is C14H24N2O2S. The zero-order valence-electron chi connectivity index (χ0n) is 11.8. The molecule has 1 N–H and O–H groups in total. The van der Waals surface area contributed by atoms with Crippen LogP contribution in [0.2, 0.25) is 0 Å². The van der Waals surface area contributed by atoms with Gasteiger partial charge in [-0.15, -0.1) is 0 Å². The van der Waals surface area contributed by atoms with Crippen LogP contribution in [0.5, 0.6) is 0 Å². The van der Waals surface area contributed by atoms with Crippen LogP contribution < -0.4 is 0 Å². The van der Waals surface area contributed by atoms with E-state index < -0.39 is 0 Å². The Morgan fingerprint density at radius 3 is 2.74 bits per heavy atom. The standard InChI is InChI=1S/C14H24N2O2S/c1-15(7-4-3-5-8-17)11-14(18)16(2)10-13-6-9-19-12-13/h6,9,12,17H,3-5,7-8,10-11H2,1-2H3. The lowest BCUT2D eigenvalue weighted by Gasteiger charge is -2.21. The molecule has 0 bridgehead atoms. The molecule has 108 valence electrons. The normalized spacial score (nSPS) is 10.9. The zero-order valence-corrected chi connectivity index (χ0v) is 12.7. The first-order chi connectivity index (χ1) is 9.13. The highest BCUT2D eigenvalue weighted by atomic mass is 32.1. The molecule has 0 aliphatic rings. The first-order valence-corrected chi connectivity index (χ1v) is 7.62. The van der Waals surface area contributed by atoms with Gasteiger partial charge in [-0.2, -0.15) is 11.3 Å². The summed E-state index contributed by atoms with van der Waals surface area (Å²) >= 11 is 1.65. The Kier molecular flexibility index (Phi) is 7.70. The molecule has 1 amide bonds. The molecule has 0 aliphatic heterocycles. The Morgan fingerprint density at radius 1 is 1.32 bits per heavy atom. The van der Waals surface area contributed by atoms with Gasteiger partial charge in [0.05, 0.1) is 6.54 Å². The van der Waals surface area contributed by atoms with Crippen molar-refractivity contribution in [1.82, 2.24) is 9.80 Å². The third kappa shape index (κ3) is 6.71. The molecule has 19 heavy (non-hydrogen) atoms. The van der Waals surface area contributed by atoms with Gasteiger partial charge in [0.15, 0.2) is 0 Å². The highest BCUT2D eigenvalue weighted by Crippen LogP contribution is 2.08. The molecule has 0 spiro atoms. The molecule has 0 fully saturated rings. The van der Waals surface area contributed by atoms with Crippen molar-refractivity contribution in [2.75, 3.05) is 33.8 Å². The average molecular weight is 284 g/mol. The number of hydrogen-bond acceptors (Lipinski definition) is 4. The molecule has 0 unspecified atom stereocenters. The molecule has 0 aromatic carbocycles. The molecule has 0 saturated carbocycles. The summed E-state index contributed by atoms with van der Waals surface area (Å²) in [6.07, 6.45) is 2.89. The number of carbonyl (C=O) groups excluding carboxylic acids is 1. The molecule has 5 heteroatoms. The first-order valence-electron chi connectivity index (χ1n) is 6.68. The van der Waals surface area contributed by atoms with Gasteiger partial charge in [-0.05, 0) is 55.2 Å². The fourth-order valence-corrected chi connectivity index (χ4v) is 2.51. The van der Waals surface area contributed by atoms with Gasteiger partial charge in [-0.3, -0.25) is 9.69 Å². The van der Waals surface area contributed by atoms with Gasteiger partial charge in [-0.1, -0.05) is 0 Å². The fourth-order valence-electron chi connectivity index (χ4n) is 1.85. The molecule has 1 rings (SSSR count). The number of aliphatic hydroxyl groups excluding tert-OH is 1. The Balaban J connectivity index is 2.21. The quantitative estimate of drug-likeness (QED) is 0.703. The number of thiophene rings is 1. The average Bonchev–Trinajstić information content (AvgIpc) is 2.87. The summed E-state index contributed by atoms with van der Waals surface area (Å²) in [7, 11) is 3.81. The summed E-state index contributed by atoms with van der Waals surface area (Å²) in [5, 5.41) is 12.8. The number of likely N-dealkylation sites (N-methyl/N-ethyl adjacent to an activating group) is 2. The van der Waals surface area contributed by atoms with E-state index in [0.717, 1.165) is 25.8 Å². The summed E-state index contributed by atoms with van der Waals surface area (Å²) in [5.41, 5.74) is 1.19. The number of hydrogen-bond donors (Lipinski definition) is 1. The summed E-state index contributed by atoms with van der Waals surface area (Å²) in [6.45, 7) is 2.30. The third-order valence-electron chi connectivity index (χ3n) is 3.03. The summed E-state index contributed by atoms with van der Waals surface area (Å²) in [5.74, 6) is 0.149. The molecular weight excluding hydrogens is 260 g/mol. The van der Waals surface area contributed by atoms with Crippen molar-refractivity contribution in [1.29, 1.82) is 0 Å². The lowest BCUT2D eigenvalue weighted by molar-refractivity contribution is -0.131. The van der Waals surface area contributed by atoms with Gasteiger partial charge in [-0.25, -0.2) is 0 Å². The summed E-state index contributed by atoms with van der Waals surface area (Å²) in [4.78, 5) is 15.8. The van der Waals surface area contributed by atoms with E-state index in [4.69, 9.17) is 5.11 Å². The van der Waals surface area contributed by atoms with Crippen molar-refractivity contribution < 1.29 is 9.90 Å². The largest absolute Gasteiger partial charge is 0.396 e. The van der Waals surface area contributed by atoms with Crippen LogP contribution in [0, 0.1) is 0 Å². The van der Waals surface area contributed by atoms with Crippen molar-refractivity contribution in [3.8, 4) is 0 Å². The number of carbonyl (C=O) groups is 1. The number of unbranched alkanes of at least 4 members (excludes halogenated alkanes) is 2. The van der Waals surface area contributed by atoms with E-state index in [0.29, 0.717) is 13.1 Å². The molecule has 4 nitrogen and oxygen atoms in total. The van der Waals surface area contributed by atoms with Gasteiger partial charge in [0.2, 0.25) is 5.91 Å². The van der Waals surface area contributed by atoms with E-state index in [-0.39, 0.29) is 12.5 Å². The molecule has 1 aromatic heterocycles. The molecule has 0 aliphatic carbocycles. The third-order valence-corrected chi connectivity index (χ3v) is 3.76. The Morgan fingerprint density at radius 2 is 2.11 bits per heavy atom. The number of rotatable bonds is 9. The Hall–Kier alpha value is -0.910. The number of amides is 1. The second kappa shape index (κ2) is 9.07. The van der Waals surface area contributed by atoms with Gasteiger partial charge >= 0.3 is 0 Å². The Bertz CT molecular complexity index is 354. The van der Waals surface area contributed by atoms with E-state index >= 15 is 0 Å². The van der Waals surface area contributed by atoms with Crippen molar-refractivity contribution in [3.05, 3.63) is 22.4 Å². The monoisotopic (exact) mass is 284 g/mol. The maximum Gasteiger partial charge on any atom is 0.236 e. The maximum atomic E-state index is 12.0. The minimum absolute atomic E-state index is 0.149. The zero-order chi connectivity index (χ0) is 14.1. The smallest absolute Gasteiger partial charge is 0.236 e. The van der Waals surface area contributed by atoms with E-state index in [1.807, 2.05) is 30.4 Å². The highest BCUT2D eigenvalue weighted by Gasteiger charge is 2.11. The SMILES string of the molecule is CN(CCCCCO)CC(=O)N(C)Cc1ccsc1. The van der Waals surface area contributed by atoms with E-state index in [1.54, 1.807) is 16.2 Å². The van der Waals surface area contributed by atoms with Crippen LogP contribution >= 0.6 is 11.3 Å². The molecule has 1 heterocycles. The van der Waals surface area contributed by atoms with E-state index in [2.05, 4.69) is 5.38 Å². The molecule has 0 radical (unpaired) electrons. The van der Waals surface area contributed by atoms with E-state index in [1.165, 1.54) is 5.56 Å². The first kappa shape index (κ1) is 16.1. The van der Waals surface area contributed by atoms with Crippen molar-refractivity contribution >= 4 is 17.2 Å². The minimum Gasteiger partial charge on any atom is -0.396 e. The summed E-state index contributed by atoms with van der Waals surface area (Å²) < 4.78 is 0. The fraction of sp³-hybridized carbons (Fsp3) is 0.643. The van der Waals surface area contributed by atoms with Crippen LogP contribution in [-0.4, -0.2) is 54.6 Å². The lowest BCUT2D eigenvalue weighted by atomic mass is 10.2. The molecule has 0 saturated heterocycles. The molecule has 1 aromatic rings. The maximum absolute atomic E-state index is 12.0. The topological polar surface area (TPSA) is 43.8 Å². The van der Waals surface area contributed by atoms with Crippen molar-refractivity contribution in [2.24, 2.45) is 0 Å². The van der Waals surface area contributed by atoms with E-state index in [9.17, 15) is 4.79 Å². The Labute approximate surface area is 119 Å². The van der Waals surface area contributed by atoms with Crippen LogP contribution in [0.1, 0.15) is 24.8 Å². The predicted molar refractivity (Wildman–Crippen MR) is 79.2 cm³/mol. The number of aliphatic hydroxyl groups is 1. The van der Waals surface area contributed by atoms with Crippen molar-refractivity contribution in [2.45, 2.75) is 25.8 Å². The van der Waals surface area contributed by atoms with Crippen LogP contribution in [0.25, 0.3) is 0 Å². The van der Waals surface area contributed by atoms with Gasteiger partial charge < -0.3 is 10.0 Å². The minimum atomic E-state index is 0.149. The lowest BCUT2D eigenvalue weighted by Crippen LogP contribution is -2.36. The second-order valence-corrected chi connectivity index (χ2v) is 5.68. The highest BCUT2D eigenvalue weighted by molar-refractivity contribution is 7.07. The summed E-state index contributed by atoms with van der Waals surface area (Å²) in [6, 6.07) is 2.05. The van der Waals surface area contributed by atoms with Crippen LogP contribution in [0.15, 0.2) is 16.8 Å². The van der Waals surface area contributed by atoms with Crippen molar-refractivity contribution in [3.63, 3.8) is 0 Å². The predicted octanol–water partition coefficient (Wildman–Crippen LogP) is 1.80. The second-order valence-electron chi connectivity index (χ2n) is 4.90. The molecule has 0 atom stereocenters. The van der Waals surface area contributed by atoms with Gasteiger partial charge in [0.25, 0.3) is 0 Å². The van der Waals surface area contributed by atoms with Gasteiger partial charge in [0.1, 0.15) is 0 Å². The number of nitrogens with zero attached hydrogens (tertiary/aromatic N) is 2. The van der Waals surface area contributed by atoms with Crippen LogP contribution in [-0.2, 0) is 11.3 Å². The van der Waals surface area contributed by atoms with Crippen LogP contribution in [0.4, 0.5) is 0 Å². The van der Waals surface area contributed by atoms with Gasteiger partial charge in [0, 0.05) is 20.2 Å².